The lowest BCUT2D eigenvalue weighted by atomic mass is 9.98. The van der Waals surface area contributed by atoms with Crippen LogP contribution in [0.3, 0.4) is 0 Å². The van der Waals surface area contributed by atoms with Gasteiger partial charge < -0.3 is 50.5 Å². The minimum atomic E-state index is -1.67. The van der Waals surface area contributed by atoms with Crippen molar-refractivity contribution in [2.75, 3.05) is 13.2 Å². The summed E-state index contributed by atoms with van der Waals surface area (Å²) in [5.41, 5.74) is 0. The molecule has 0 bridgehead atoms. The zero-order valence-corrected chi connectivity index (χ0v) is 57.5. The van der Waals surface area contributed by atoms with Gasteiger partial charge in [0, 0.05) is 0 Å². The Morgan fingerprint density at radius 3 is 0.989 bits per heavy atom. The summed E-state index contributed by atoms with van der Waals surface area (Å²) in [5, 5.41) is 76.6. The highest BCUT2D eigenvalue weighted by Crippen LogP contribution is 2.24. The number of unbranched alkanes of at least 4 members (excludes halogenated alkanes) is 55. The van der Waals surface area contributed by atoms with Gasteiger partial charge in [-0.2, -0.15) is 0 Å². The molecule has 0 aliphatic carbocycles. The molecule has 87 heavy (non-hydrogen) atoms. The maximum Gasteiger partial charge on any atom is 0.249 e. The Morgan fingerprint density at radius 1 is 0.391 bits per heavy atom. The Bertz CT molecular complexity index is 1420. The first-order valence-corrected chi connectivity index (χ1v) is 38.6. The number of nitrogens with one attached hydrogen (secondary N) is 1. The van der Waals surface area contributed by atoms with Crippen LogP contribution in [-0.4, -0.2) is 110 Å². The maximum atomic E-state index is 13.3. The molecule has 1 amide bonds. The lowest BCUT2D eigenvalue weighted by Gasteiger charge is -2.40. The van der Waals surface area contributed by atoms with E-state index in [9.17, 15) is 40.5 Å². The fourth-order valence-electron chi connectivity index (χ4n) is 12.9. The third-order valence-electron chi connectivity index (χ3n) is 19.1. The number of amides is 1. The number of carbonyl (C=O) groups is 1. The number of rotatable bonds is 69. The van der Waals surface area contributed by atoms with Crippen molar-refractivity contribution in [2.24, 2.45) is 0 Å². The SMILES string of the molecule is CCCCCCCCCCCCCCCCCCCCCCCCC/C=C/CCCC(O)C(O)C(COC1OC(CO)C(O)C(O)C1O)NC(=O)C(O)CCCCCCCCCCCCCCCCCCCCCCCCCCCCCCCCCC. The highest BCUT2D eigenvalue weighted by atomic mass is 16.7. The van der Waals surface area contributed by atoms with Crippen molar-refractivity contribution >= 4 is 5.91 Å². The molecule has 0 aromatic carbocycles. The Morgan fingerprint density at radius 2 is 0.678 bits per heavy atom. The first-order chi connectivity index (χ1) is 42.7. The standard InChI is InChI=1S/C76H149NO10/c1-3-5-7-9-11-13-15-17-19-21-23-25-27-29-31-33-34-35-36-38-40-42-44-46-48-50-52-54-56-58-60-62-64-69(80)75(85)77-67(66-86-76-74(84)73(83)72(82)70(65-78)87-76)71(81)68(79)63-61-59-57-55-53-51-49-47-45-43-41-39-37-32-30-28-26-24-22-20-18-16-14-12-10-8-6-4-2/h55,57,67-74,76,78-84H,3-54,56,58-66H2,1-2H3,(H,77,85)/b57-55+. The van der Waals surface area contributed by atoms with Gasteiger partial charge in [-0.05, 0) is 38.5 Å². The fraction of sp³-hybridized carbons (Fsp3) is 0.961. The summed E-state index contributed by atoms with van der Waals surface area (Å²) in [6.07, 6.45) is 70.4. The molecular weight excluding hydrogens is 1090 g/mol. The van der Waals surface area contributed by atoms with Crippen molar-refractivity contribution < 1.29 is 50.0 Å². The molecule has 0 aromatic rings. The highest BCUT2D eigenvalue weighted by molar-refractivity contribution is 5.80. The van der Waals surface area contributed by atoms with E-state index in [1.807, 2.05) is 0 Å². The summed E-state index contributed by atoms with van der Waals surface area (Å²) >= 11 is 0. The zero-order valence-electron chi connectivity index (χ0n) is 57.5. The van der Waals surface area contributed by atoms with E-state index in [-0.39, 0.29) is 12.8 Å². The van der Waals surface area contributed by atoms with Crippen molar-refractivity contribution in [3.8, 4) is 0 Å². The molecular formula is C76H149NO10. The fourth-order valence-corrected chi connectivity index (χ4v) is 12.9. The maximum absolute atomic E-state index is 13.3. The molecule has 11 nitrogen and oxygen atoms in total. The molecule has 0 saturated carbocycles. The predicted molar refractivity (Wildman–Crippen MR) is 367 cm³/mol. The van der Waals surface area contributed by atoms with E-state index < -0.39 is 74.2 Å². The Hall–Kier alpha value is -1.15. The first-order valence-electron chi connectivity index (χ1n) is 38.6. The number of allylic oxidation sites excluding steroid dienone is 2. The quantitative estimate of drug-likeness (QED) is 0.0215. The Balaban J connectivity index is 2.15. The molecule has 9 unspecified atom stereocenters. The molecule has 8 N–H and O–H groups in total. The van der Waals surface area contributed by atoms with Gasteiger partial charge in [-0.15, -0.1) is 0 Å². The second-order valence-electron chi connectivity index (χ2n) is 27.4. The van der Waals surface area contributed by atoms with Crippen molar-refractivity contribution in [1.82, 2.24) is 5.32 Å². The summed E-state index contributed by atoms with van der Waals surface area (Å²) in [5.74, 6) is -0.696. The van der Waals surface area contributed by atoms with Crippen LogP contribution in [0.4, 0.5) is 0 Å². The number of aliphatic hydroxyl groups is 7. The number of hydrogen-bond donors (Lipinski definition) is 8. The van der Waals surface area contributed by atoms with E-state index in [2.05, 4.69) is 31.3 Å². The van der Waals surface area contributed by atoms with Crippen LogP contribution in [0.5, 0.6) is 0 Å². The lowest BCUT2D eigenvalue weighted by molar-refractivity contribution is -0.303. The number of aliphatic hydroxyl groups excluding tert-OH is 7. The molecule has 0 spiro atoms. The molecule has 518 valence electrons. The molecule has 1 rings (SSSR count). The van der Waals surface area contributed by atoms with Gasteiger partial charge in [0.05, 0.1) is 25.4 Å². The summed E-state index contributed by atoms with van der Waals surface area (Å²) < 4.78 is 11.2. The van der Waals surface area contributed by atoms with E-state index in [1.54, 1.807) is 0 Å². The molecule has 0 aromatic heterocycles. The van der Waals surface area contributed by atoms with E-state index >= 15 is 0 Å². The van der Waals surface area contributed by atoms with Gasteiger partial charge in [-0.1, -0.05) is 373 Å². The number of hydrogen-bond acceptors (Lipinski definition) is 10. The second kappa shape index (κ2) is 64.9. The Labute approximate surface area is 538 Å². The average Bonchev–Trinajstić information content (AvgIpc) is 1.94. The van der Waals surface area contributed by atoms with Crippen molar-refractivity contribution in [2.45, 2.75) is 454 Å². The molecule has 0 radical (unpaired) electrons. The highest BCUT2D eigenvalue weighted by Gasteiger charge is 2.44. The molecule has 1 fully saturated rings. The van der Waals surface area contributed by atoms with E-state index in [0.717, 1.165) is 32.1 Å². The Kier molecular flexibility index (Phi) is 62.6. The van der Waals surface area contributed by atoms with Crippen LogP contribution in [-0.2, 0) is 14.3 Å². The molecule has 1 aliphatic heterocycles. The molecule has 9 atom stereocenters. The van der Waals surface area contributed by atoms with Gasteiger partial charge in [-0.3, -0.25) is 4.79 Å². The summed E-state index contributed by atoms with van der Waals surface area (Å²) in [4.78, 5) is 13.3. The third kappa shape index (κ3) is 52.0. The smallest absolute Gasteiger partial charge is 0.249 e. The van der Waals surface area contributed by atoms with E-state index in [4.69, 9.17) is 9.47 Å². The largest absolute Gasteiger partial charge is 0.394 e. The van der Waals surface area contributed by atoms with Crippen LogP contribution in [0, 0.1) is 0 Å². The van der Waals surface area contributed by atoms with Crippen LogP contribution in [0.25, 0.3) is 0 Å². The van der Waals surface area contributed by atoms with Crippen LogP contribution in [0.15, 0.2) is 12.2 Å². The monoisotopic (exact) mass is 1240 g/mol. The molecule has 1 heterocycles. The zero-order chi connectivity index (χ0) is 63.1. The van der Waals surface area contributed by atoms with Crippen molar-refractivity contribution in [3.05, 3.63) is 12.2 Å². The third-order valence-corrected chi connectivity index (χ3v) is 19.1. The van der Waals surface area contributed by atoms with Crippen LogP contribution >= 0.6 is 0 Å². The summed E-state index contributed by atoms with van der Waals surface area (Å²) in [6.45, 7) is 3.52. The van der Waals surface area contributed by atoms with E-state index in [0.29, 0.717) is 12.8 Å². The number of carbonyl (C=O) groups excluding carboxylic acids is 1. The van der Waals surface area contributed by atoms with Crippen LogP contribution < -0.4 is 5.32 Å². The molecule has 11 heteroatoms. The topological polar surface area (TPSA) is 189 Å². The second-order valence-corrected chi connectivity index (χ2v) is 27.4. The summed E-state index contributed by atoms with van der Waals surface area (Å²) in [6, 6.07) is -1.18. The normalized spacial score (nSPS) is 18.7. The average molecular weight is 1240 g/mol. The van der Waals surface area contributed by atoms with Gasteiger partial charge in [0.25, 0.3) is 0 Å². The van der Waals surface area contributed by atoms with Gasteiger partial charge >= 0.3 is 0 Å². The lowest BCUT2D eigenvalue weighted by Crippen LogP contribution is -2.60. The van der Waals surface area contributed by atoms with Crippen molar-refractivity contribution in [1.29, 1.82) is 0 Å². The van der Waals surface area contributed by atoms with Gasteiger partial charge in [-0.25, -0.2) is 0 Å². The van der Waals surface area contributed by atoms with Crippen LogP contribution in [0.1, 0.15) is 399 Å². The minimum absolute atomic E-state index is 0.260. The van der Waals surface area contributed by atoms with Gasteiger partial charge in [0.1, 0.15) is 36.6 Å². The predicted octanol–water partition coefficient (Wildman–Crippen LogP) is 19.4. The molecule has 1 saturated heterocycles. The first kappa shape index (κ1) is 83.9. The van der Waals surface area contributed by atoms with E-state index in [1.165, 1.54) is 327 Å². The number of ether oxygens (including phenoxy) is 2. The van der Waals surface area contributed by atoms with Crippen LogP contribution in [0.2, 0.25) is 0 Å². The van der Waals surface area contributed by atoms with Gasteiger partial charge in [0.2, 0.25) is 5.91 Å². The molecule has 1 aliphatic rings. The summed E-state index contributed by atoms with van der Waals surface area (Å²) in [7, 11) is 0. The van der Waals surface area contributed by atoms with Crippen molar-refractivity contribution in [3.63, 3.8) is 0 Å². The van der Waals surface area contributed by atoms with Gasteiger partial charge in [0.15, 0.2) is 6.29 Å². The minimum Gasteiger partial charge on any atom is -0.394 e.